The van der Waals surface area contributed by atoms with Gasteiger partial charge in [-0.3, -0.25) is 0 Å². The fourth-order valence-electron chi connectivity index (χ4n) is 1.26. The second-order valence-electron chi connectivity index (χ2n) is 3.14. The van der Waals surface area contributed by atoms with Gasteiger partial charge in [-0.1, -0.05) is 6.07 Å². The van der Waals surface area contributed by atoms with Crippen molar-refractivity contribution in [2.75, 3.05) is 13.7 Å². The molecule has 15 heavy (non-hydrogen) atoms. The Bertz CT molecular complexity index is 373. The van der Waals surface area contributed by atoms with Crippen LogP contribution in [-0.4, -0.2) is 13.7 Å². The minimum atomic E-state index is -0.366. The van der Waals surface area contributed by atoms with Gasteiger partial charge < -0.3 is 10.1 Å². The lowest BCUT2D eigenvalue weighted by atomic mass is 10.1. The Morgan fingerprint density at radius 2 is 2.33 bits per heavy atom. The Kier molecular flexibility index (Phi) is 4.07. The van der Waals surface area contributed by atoms with Crippen LogP contribution in [0.4, 0.5) is 4.39 Å². The Morgan fingerprint density at radius 1 is 1.60 bits per heavy atom. The first-order chi connectivity index (χ1) is 7.19. The number of ether oxygens (including phenoxy) is 1. The maximum Gasteiger partial charge on any atom is 0.174 e. The maximum atomic E-state index is 13.0. The molecular formula is C11H13FN2O. The second-order valence-corrected chi connectivity index (χ2v) is 3.14. The summed E-state index contributed by atoms with van der Waals surface area (Å²) in [5.74, 6) is 0.0494. The van der Waals surface area contributed by atoms with Gasteiger partial charge in [0, 0.05) is 17.7 Å². The van der Waals surface area contributed by atoms with Gasteiger partial charge in [-0.2, -0.15) is 5.26 Å². The van der Waals surface area contributed by atoms with Crippen molar-refractivity contribution in [1.82, 2.24) is 5.32 Å². The van der Waals surface area contributed by atoms with E-state index < -0.39 is 0 Å². The number of hydrogen-bond acceptors (Lipinski definition) is 3. The number of rotatable bonds is 4. The summed E-state index contributed by atoms with van der Waals surface area (Å²) in [6.07, 6.45) is 0. The van der Waals surface area contributed by atoms with Gasteiger partial charge >= 0.3 is 0 Å². The molecular weight excluding hydrogens is 195 g/mol. The molecule has 1 atom stereocenters. The van der Waals surface area contributed by atoms with Gasteiger partial charge in [0.25, 0.3) is 0 Å². The van der Waals surface area contributed by atoms with Crippen molar-refractivity contribution in [3.8, 4) is 11.8 Å². The average Bonchev–Trinajstić information content (AvgIpc) is 2.25. The summed E-state index contributed by atoms with van der Waals surface area (Å²) >= 11 is 0. The second kappa shape index (κ2) is 5.32. The summed E-state index contributed by atoms with van der Waals surface area (Å²) in [6, 6.07) is 6.24. The van der Waals surface area contributed by atoms with E-state index in [1.54, 1.807) is 6.07 Å². The Morgan fingerprint density at radius 3 is 2.93 bits per heavy atom. The summed E-state index contributed by atoms with van der Waals surface area (Å²) < 4.78 is 18.1. The molecule has 1 rings (SSSR count). The van der Waals surface area contributed by atoms with Crippen LogP contribution in [0, 0.1) is 17.1 Å². The lowest BCUT2D eigenvalue weighted by Crippen LogP contribution is -2.14. The molecule has 0 fully saturated rings. The molecule has 1 aromatic carbocycles. The van der Waals surface area contributed by atoms with E-state index in [0.29, 0.717) is 5.75 Å². The molecule has 0 aliphatic heterocycles. The Hall–Kier alpha value is -1.60. The first-order valence-electron chi connectivity index (χ1n) is 4.65. The number of nitrogens with zero attached hydrogens (tertiary/aromatic N) is 1. The molecule has 0 aliphatic rings. The third-order valence-corrected chi connectivity index (χ3v) is 2.17. The first kappa shape index (κ1) is 11.5. The van der Waals surface area contributed by atoms with Crippen LogP contribution in [0.3, 0.4) is 0 Å². The molecule has 0 radical (unpaired) electrons. The topological polar surface area (TPSA) is 45.0 Å². The van der Waals surface area contributed by atoms with Gasteiger partial charge in [-0.15, -0.1) is 0 Å². The summed E-state index contributed by atoms with van der Waals surface area (Å²) in [7, 11) is 1.81. The maximum absolute atomic E-state index is 13.0. The van der Waals surface area contributed by atoms with E-state index in [1.807, 2.05) is 20.0 Å². The SMILES string of the molecule is CNC(C)c1ccc(F)cc1OCC#N. The predicted molar refractivity (Wildman–Crippen MR) is 55.0 cm³/mol. The van der Waals surface area contributed by atoms with Crippen molar-refractivity contribution in [2.24, 2.45) is 0 Å². The fourth-order valence-corrected chi connectivity index (χ4v) is 1.26. The number of nitriles is 1. The number of nitrogens with one attached hydrogen (secondary N) is 1. The van der Waals surface area contributed by atoms with E-state index >= 15 is 0 Å². The normalized spacial score (nSPS) is 11.9. The molecule has 1 unspecified atom stereocenters. The van der Waals surface area contributed by atoms with E-state index in [9.17, 15) is 4.39 Å². The number of hydrogen-bond donors (Lipinski definition) is 1. The molecule has 0 bridgehead atoms. The van der Waals surface area contributed by atoms with E-state index in [4.69, 9.17) is 10.00 Å². The zero-order chi connectivity index (χ0) is 11.3. The standard InChI is InChI=1S/C11H13FN2O/c1-8(14-2)10-4-3-9(12)7-11(10)15-6-5-13/h3-4,7-8,14H,6H2,1-2H3. The van der Waals surface area contributed by atoms with E-state index in [0.717, 1.165) is 5.56 Å². The Balaban J connectivity index is 2.98. The number of halogens is 1. The molecule has 0 aromatic heterocycles. The molecule has 4 heteroatoms. The van der Waals surface area contributed by atoms with Crippen molar-refractivity contribution in [3.05, 3.63) is 29.6 Å². The third kappa shape index (κ3) is 2.93. The van der Waals surface area contributed by atoms with Crippen molar-refractivity contribution in [2.45, 2.75) is 13.0 Å². The zero-order valence-corrected chi connectivity index (χ0v) is 8.75. The summed E-state index contributed by atoms with van der Waals surface area (Å²) in [5.41, 5.74) is 0.842. The predicted octanol–water partition coefficient (Wildman–Crippen LogP) is 2.01. The molecule has 3 nitrogen and oxygen atoms in total. The van der Waals surface area contributed by atoms with Crippen LogP contribution < -0.4 is 10.1 Å². The highest BCUT2D eigenvalue weighted by atomic mass is 19.1. The first-order valence-corrected chi connectivity index (χ1v) is 4.65. The lowest BCUT2D eigenvalue weighted by molar-refractivity contribution is 0.357. The fraction of sp³-hybridized carbons (Fsp3) is 0.364. The Labute approximate surface area is 88.5 Å². The third-order valence-electron chi connectivity index (χ3n) is 2.17. The monoisotopic (exact) mass is 208 g/mol. The highest BCUT2D eigenvalue weighted by molar-refractivity contribution is 5.36. The van der Waals surface area contributed by atoms with Gasteiger partial charge in [0.2, 0.25) is 0 Å². The zero-order valence-electron chi connectivity index (χ0n) is 8.75. The van der Waals surface area contributed by atoms with Gasteiger partial charge in [0.1, 0.15) is 17.6 Å². The minimum absolute atomic E-state index is 0.0549. The van der Waals surface area contributed by atoms with Crippen LogP contribution in [0.5, 0.6) is 5.75 Å². The van der Waals surface area contributed by atoms with E-state index in [2.05, 4.69) is 5.32 Å². The minimum Gasteiger partial charge on any atom is -0.478 e. The highest BCUT2D eigenvalue weighted by Gasteiger charge is 2.10. The van der Waals surface area contributed by atoms with Crippen LogP contribution in [0.2, 0.25) is 0 Å². The van der Waals surface area contributed by atoms with Crippen molar-refractivity contribution in [3.63, 3.8) is 0 Å². The van der Waals surface area contributed by atoms with Crippen LogP contribution in [0.15, 0.2) is 18.2 Å². The molecule has 0 amide bonds. The lowest BCUT2D eigenvalue weighted by Gasteiger charge is -2.15. The van der Waals surface area contributed by atoms with Crippen LogP contribution in [0.1, 0.15) is 18.5 Å². The molecule has 0 heterocycles. The average molecular weight is 208 g/mol. The summed E-state index contributed by atoms with van der Waals surface area (Å²) in [4.78, 5) is 0. The quantitative estimate of drug-likeness (QED) is 0.823. The smallest absolute Gasteiger partial charge is 0.174 e. The van der Waals surface area contributed by atoms with Crippen molar-refractivity contribution in [1.29, 1.82) is 5.26 Å². The van der Waals surface area contributed by atoms with Gasteiger partial charge in [-0.05, 0) is 20.0 Å². The van der Waals surface area contributed by atoms with Gasteiger partial charge in [0.05, 0.1) is 0 Å². The summed E-state index contributed by atoms with van der Waals surface area (Å²) in [5, 5.41) is 11.4. The molecule has 1 N–H and O–H groups in total. The van der Waals surface area contributed by atoms with Crippen LogP contribution in [-0.2, 0) is 0 Å². The molecule has 0 spiro atoms. The summed E-state index contributed by atoms with van der Waals surface area (Å²) in [6.45, 7) is 1.86. The van der Waals surface area contributed by atoms with E-state index in [-0.39, 0.29) is 18.5 Å². The highest BCUT2D eigenvalue weighted by Crippen LogP contribution is 2.25. The number of benzene rings is 1. The van der Waals surface area contributed by atoms with Gasteiger partial charge in [-0.25, -0.2) is 4.39 Å². The van der Waals surface area contributed by atoms with Crippen molar-refractivity contribution < 1.29 is 9.13 Å². The molecule has 0 saturated carbocycles. The molecule has 0 saturated heterocycles. The molecule has 80 valence electrons. The van der Waals surface area contributed by atoms with Crippen molar-refractivity contribution >= 4 is 0 Å². The van der Waals surface area contributed by atoms with Crippen LogP contribution in [0.25, 0.3) is 0 Å². The van der Waals surface area contributed by atoms with Gasteiger partial charge in [0.15, 0.2) is 6.61 Å². The largest absolute Gasteiger partial charge is 0.478 e. The van der Waals surface area contributed by atoms with E-state index in [1.165, 1.54) is 12.1 Å². The molecule has 1 aromatic rings. The molecule has 0 aliphatic carbocycles. The van der Waals surface area contributed by atoms with Crippen LogP contribution >= 0.6 is 0 Å².